The van der Waals surface area contributed by atoms with Crippen LogP contribution in [-0.2, 0) is 4.79 Å². The molecule has 4 fully saturated rings. The Hall–Kier alpha value is -0.830. The molecule has 0 bridgehead atoms. The van der Waals surface area contributed by atoms with Gasteiger partial charge in [-0.25, -0.2) is 0 Å². The zero-order chi connectivity index (χ0) is 24.2. The molecule has 5 aliphatic rings. The zero-order valence-electron chi connectivity index (χ0n) is 22.2. The molecular formula is C30H48O3. The summed E-state index contributed by atoms with van der Waals surface area (Å²) in [5.74, 6) is 0.785. The summed E-state index contributed by atoms with van der Waals surface area (Å²) in [4.78, 5) is 12.6. The maximum absolute atomic E-state index is 12.6. The average molecular weight is 457 g/mol. The Kier molecular flexibility index (Phi) is 5.15. The molecule has 5 aliphatic carbocycles. The van der Waals surface area contributed by atoms with Crippen LogP contribution in [0.3, 0.4) is 0 Å². The van der Waals surface area contributed by atoms with Crippen molar-refractivity contribution in [3.05, 3.63) is 11.6 Å². The van der Waals surface area contributed by atoms with Crippen molar-refractivity contribution in [3.63, 3.8) is 0 Å². The summed E-state index contributed by atoms with van der Waals surface area (Å²) in [6.45, 7) is 16.8. The van der Waals surface area contributed by atoms with E-state index in [1.807, 2.05) is 0 Å². The fraction of sp³-hybridized carbons (Fsp3) is 0.900. The summed E-state index contributed by atoms with van der Waals surface area (Å²) >= 11 is 0. The minimum absolute atomic E-state index is 0.0302. The highest BCUT2D eigenvalue weighted by Gasteiger charge is 2.68. The van der Waals surface area contributed by atoms with Crippen LogP contribution in [0, 0.1) is 56.7 Å². The van der Waals surface area contributed by atoms with Crippen LogP contribution in [0.4, 0.5) is 0 Å². The third kappa shape index (κ3) is 2.87. The lowest BCUT2D eigenvalue weighted by molar-refractivity contribution is -0.204. The molecule has 5 rings (SSSR count). The molecular weight excluding hydrogens is 408 g/mol. The molecule has 0 aromatic rings. The van der Waals surface area contributed by atoms with Gasteiger partial charge in [0, 0.05) is 0 Å². The van der Waals surface area contributed by atoms with Gasteiger partial charge in [0.1, 0.15) is 0 Å². The van der Waals surface area contributed by atoms with Gasteiger partial charge in [-0.1, -0.05) is 60.1 Å². The molecule has 0 spiro atoms. The number of allylic oxidation sites excluding steroid dienone is 2. The highest BCUT2D eigenvalue weighted by Crippen LogP contribution is 2.75. The fourth-order valence-electron chi connectivity index (χ4n) is 10.9. The quantitative estimate of drug-likeness (QED) is 0.414. The topological polar surface area (TPSA) is 57.5 Å². The number of aliphatic carboxylic acids is 1. The average Bonchev–Trinajstić information content (AvgIpc) is 2.72. The van der Waals surface area contributed by atoms with Gasteiger partial charge in [-0.3, -0.25) is 4.79 Å². The molecule has 0 saturated heterocycles. The van der Waals surface area contributed by atoms with Crippen LogP contribution in [0.1, 0.15) is 106 Å². The molecule has 0 aromatic heterocycles. The van der Waals surface area contributed by atoms with Crippen molar-refractivity contribution in [2.45, 2.75) is 112 Å². The van der Waals surface area contributed by atoms with Gasteiger partial charge in [0.2, 0.25) is 0 Å². The van der Waals surface area contributed by atoms with Gasteiger partial charge in [-0.2, -0.15) is 0 Å². The minimum Gasteiger partial charge on any atom is -0.481 e. The first kappa shape index (κ1) is 23.9. The van der Waals surface area contributed by atoms with E-state index >= 15 is 0 Å². The van der Waals surface area contributed by atoms with Crippen LogP contribution >= 0.6 is 0 Å². The third-order valence-corrected chi connectivity index (χ3v) is 13.2. The van der Waals surface area contributed by atoms with E-state index in [-0.39, 0.29) is 50.9 Å². The highest BCUT2D eigenvalue weighted by molar-refractivity contribution is 5.72. The zero-order valence-corrected chi connectivity index (χ0v) is 22.2. The molecule has 0 radical (unpaired) electrons. The summed E-state index contributed by atoms with van der Waals surface area (Å²) in [6.07, 6.45) is 12.5. The van der Waals surface area contributed by atoms with Crippen molar-refractivity contribution in [1.82, 2.24) is 0 Å². The molecule has 33 heavy (non-hydrogen) atoms. The maximum Gasteiger partial charge on any atom is 0.307 e. The lowest BCUT2D eigenvalue weighted by Gasteiger charge is -2.71. The first-order valence-corrected chi connectivity index (χ1v) is 13.8. The minimum atomic E-state index is -0.575. The summed E-state index contributed by atoms with van der Waals surface area (Å²) in [5, 5.41) is 21.2. The number of aliphatic hydroxyl groups is 1. The standard InChI is InChI=1S/C30H48O3/c1-18-10-13-27(4)16-17-29(6)19(24(27)23(18)25(32)33)8-9-21-28(5)14-12-22(31)26(2,3)20(28)11-15-30(21,29)7/h8,18,20-24,31H,9-17H2,1-7H3,(H,32,33)/t18-,20+,21-,22-,23+,24+,27-,28+,29-,30-/m1/s1. The highest BCUT2D eigenvalue weighted by atomic mass is 16.4. The first-order chi connectivity index (χ1) is 15.2. The van der Waals surface area contributed by atoms with Gasteiger partial charge in [0.05, 0.1) is 12.0 Å². The van der Waals surface area contributed by atoms with Crippen LogP contribution in [0.15, 0.2) is 11.6 Å². The van der Waals surface area contributed by atoms with E-state index in [1.165, 1.54) is 31.3 Å². The Labute approximate surface area is 201 Å². The number of rotatable bonds is 1. The summed E-state index contributed by atoms with van der Waals surface area (Å²) in [7, 11) is 0. The number of carboxylic acid groups (broad SMARTS) is 1. The van der Waals surface area contributed by atoms with Crippen molar-refractivity contribution in [3.8, 4) is 0 Å². The Morgan fingerprint density at radius 1 is 0.909 bits per heavy atom. The number of fused-ring (bicyclic) bond motifs is 7. The van der Waals surface area contributed by atoms with E-state index in [9.17, 15) is 15.0 Å². The predicted molar refractivity (Wildman–Crippen MR) is 133 cm³/mol. The molecule has 0 aromatic carbocycles. The second-order valence-electron chi connectivity index (χ2n) is 14.7. The van der Waals surface area contributed by atoms with Crippen LogP contribution in [-0.4, -0.2) is 22.3 Å². The monoisotopic (exact) mass is 456 g/mol. The Bertz CT molecular complexity index is 874. The summed E-state index contributed by atoms with van der Waals surface area (Å²) in [5.41, 5.74) is 2.14. The van der Waals surface area contributed by atoms with Gasteiger partial charge in [-0.05, 0) is 109 Å². The number of hydrogen-bond acceptors (Lipinski definition) is 2. The second kappa shape index (κ2) is 7.11. The second-order valence-corrected chi connectivity index (χ2v) is 14.7. The largest absolute Gasteiger partial charge is 0.481 e. The molecule has 3 heteroatoms. The van der Waals surface area contributed by atoms with E-state index in [4.69, 9.17) is 0 Å². The van der Waals surface area contributed by atoms with Gasteiger partial charge in [0.25, 0.3) is 0 Å². The number of carboxylic acids is 1. The number of hydrogen-bond donors (Lipinski definition) is 2. The predicted octanol–water partition coefficient (Wildman–Crippen LogP) is 7.09. The Balaban J connectivity index is 1.61. The van der Waals surface area contributed by atoms with Crippen LogP contribution in [0.25, 0.3) is 0 Å². The van der Waals surface area contributed by atoms with Gasteiger partial charge in [-0.15, -0.1) is 0 Å². The van der Waals surface area contributed by atoms with E-state index in [0.29, 0.717) is 11.8 Å². The fourth-order valence-corrected chi connectivity index (χ4v) is 10.9. The molecule has 186 valence electrons. The lowest BCUT2D eigenvalue weighted by atomic mass is 9.33. The molecule has 4 saturated carbocycles. The van der Waals surface area contributed by atoms with Crippen molar-refractivity contribution in [2.24, 2.45) is 56.7 Å². The van der Waals surface area contributed by atoms with E-state index < -0.39 is 5.97 Å². The van der Waals surface area contributed by atoms with Crippen LogP contribution in [0.2, 0.25) is 0 Å². The van der Waals surface area contributed by atoms with E-state index in [2.05, 4.69) is 54.5 Å². The first-order valence-electron chi connectivity index (χ1n) is 13.8. The number of aliphatic hydroxyl groups excluding tert-OH is 1. The summed E-state index contributed by atoms with van der Waals surface area (Å²) < 4.78 is 0. The SMILES string of the molecule is C[C@@H]1CC[C@]2(C)CC[C@]3(C)C(=CC[C@@H]4[C@@]5(C)CC[C@@H](O)C(C)(C)[C@@H]5CC[C@]43C)[C@H]2[C@H]1C(=O)O. The van der Waals surface area contributed by atoms with Gasteiger partial charge < -0.3 is 10.2 Å². The third-order valence-electron chi connectivity index (χ3n) is 13.2. The smallest absolute Gasteiger partial charge is 0.307 e. The molecule has 10 atom stereocenters. The van der Waals surface area contributed by atoms with E-state index in [1.54, 1.807) is 0 Å². The molecule has 3 nitrogen and oxygen atoms in total. The van der Waals surface area contributed by atoms with Gasteiger partial charge in [0.15, 0.2) is 0 Å². The van der Waals surface area contributed by atoms with Crippen molar-refractivity contribution in [1.29, 1.82) is 0 Å². The van der Waals surface area contributed by atoms with Crippen molar-refractivity contribution in [2.75, 3.05) is 0 Å². The van der Waals surface area contributed by atoms with Crippen molar-refractivity contribution >= 4 is 5.97 Å². The molecule has 2 N–H and O–H groups in total. The van der Waals surface area contributed by atoms with Gasteiger partial charge >= 0.3 is 5.97 Å². The Morgan fingerprint density at radius 3 is 2.27 bits per heavy atom. The molecule has 0 heterocycles. The van der Waals surface area contributed by atoms with Crippen LogP contribution < -0.4 is 0 Å². The number of carbonyl (C=O) groups is 1. The molecule has 0 aliphatic heterocycles. The maximum atomic E-state index is 12.6. The summed E-state index contributed by atoms with van der Waals surface area (Å²) in [6, 6.07) is 0. The molecule has 0 amide bonds. The van der Waals surface area contributed by atoms with Crippen molar-refractivity contribution < 1.29 is 15.0 Å². The van der Waals surface area contributed by atoms with E-state index in [0.717, 1.165) is 32.1 Å². The Morgan fingerprint density at radius 2 is 1.61 bits per heavy atom. The lowest BCUT2D eigenvalue weighted by Crippen LogP contribution is -2.65. The van der Waals surface area contributed by atoms with Crippen LogP contribution in [0.5, 0.6) is 0 Å². The normalized spacial score (nSPS) is 55.3. The molecule has 0 unspecified atom stereocenters.